The highest BCUT2D eigenvalue weighted by molar-refractivity contribution is 6.76. The van der Waals surface area contributed by atoms with Crippen LogP contribution in [0, 0.1) is 0 Å². The second kappa shape index (κ2) is 12.8. The van der Waals surface area contributed by atoms with Gasteiger partial charge in [-0.3, -0.25) is 0 Å². The number of carbonyl (C=O) groups excluding carboxylic acids is 1. The molecule has 2 unspecified atom stereocenters. The number of hydrogen-bond donors (Lipinski definition) is 1. The Morgan fingerprint density at radius 1 is 1.08 bits per heavy atom. The molecule has 3 aromatic carbocycles. The first kappa shape index (κ1) is 28.1. The SMILES string of the molecule is C[Si](C)(C)CCOCOc1c(COC2CN(C(=O)[O-])CCC2c2ccc(CO)cc2)ccc2ccccc12. The minimum absolute atomic E-state index is 0.0179. The van der Waals surface area contributed by atoms with E-state index in [-0.39, 0.29) is 38.6 Å². The van der Waals surface area contributed by atoms with E-state index in [1.807, 2.05) is 60.7 Å². The van der Waals surface area contributed by atoms with Crippen LogP contribution in [0.25, 0.3) is 10.8 Å². The molecule has 0 aromatic heterocycles. The number of carbonyl (C=O) groups is 1. The van der Waals surface area contributed by atoms with E-state index in [9.17, 15) is 15.0 Å². The summed E-state index contributed by atoms with van der Waals surface area (Å²) >= 11 is 0. The van der Waals surface area contributed by atoms with Crippen LogP contribution < -0.4 is 9.84 Å². The molecule has 0 bridgehead atoms. The van der Waals surface area contributed by atoms with Gasteiger partial charge in [-0.05, 0) is 29.0 Å². The molecule has 8 heteroatoms. The topological polar surface area (TPSA) is 91.3 Å². The van der Waals surface area contributed by atoms with Crippen molar-refractivity contribution in [1.82, 2.24) is 4.90 Å². The van der Waals surface area contributed by atoms with E-state index in [1.54, 1.807) is 0 Å². The van der Waals surface area contributed by atoms with Crippen LogP contribution >= 0.6 is 0 Å². The molecule has 1 fully saturated rings. The van der Waals surface area contributed by atoms with Crippen molar-refractivity contribution in [3.05, 3.63) is 77.4 Å². The Bertz CT molecular complexity index is 1210. The highest BCUT2D eigenvalue weighted by Gasteiger charge is 2.31. The number of fused-ring (bicyclic) bond motifs is 1. The van der Waals surface area contributed by atoms with Gasteiger partial charge in [-0.25, -0.2) is 0 Å². The molecule has 204 valence electrons. The summed E-state index contributed by atoms with van der Waals surface area (Å²) in [7, 11) is -1.19. The highest BCUT2D eigenvalue weighted by atomic mass is 28.3. The molecule has 3 aromatic rings. The van der Waals surface area contributed by atoms with Crippen LogP contribution in [0.5, 0.6) is 5.75 Å². The number of amides is 1. The van der Waals surface area contributed by atoms with Crippen molar-refractivity contribution in [1.29, 1.82) is 0 Å². The predicted molar refractivity (Wildman–Crippen MR) is 149 cm³/mol. The minimum Gasteiger partial charge on any atom is -0.530 e. The zero-order chi connectivity index (χ0) is 27.1. The van der Waals surface area contributed by atoms with Gasteiger partial charge in [0, 0.05) is 44.6 Å². The van der Waals surface area contributed by atoms with E-state index >= 15 is 0 Å². The smallest absolute Gasteiger partial charge is 0.189 e. The van der Waals surface area contributed by atoms with Crippen molar-refractivity contribution in [2.75, 3.05) is 26.5 Å². The van der Waals surface area contributed by atoms with Crippen molar-refractivity contribution in [2.45, 2.75) is 57.3 Å². The lowest BCUT2D eigenvalue weighted by molar-refractivity contribution is -0.268. The normalized spacial score (nSPS) is 18.1. The molecule has 2 atom stereocenters. The molecule has 1 aliphatic rings. The second-order valence-electron chi connectivity index (χ2n) is 11.1. The largest absolute Gasteiger partial charge is 0.530 e. The van der Waals surface area contributed by atoms with Gasteiger partial charge in [-0.2, -0.15) is 0 Å². The van der Waals surface area contributed by atoms with Crippen LogP contribution in [0.1, 0.15) is 29.0 Å². The van der Waals surface area contributed by atoms with Crippen molar-refractivity contribution in [3.8, 4) is 5.75 Å². The van der Waals surface area contributed by atoms with Crippen LogP contribution in [0.3, 0.4) is 0 Å². The van der Waals surface area contributed by atoms with Crippen molar-refractivity contribution < 1.29 is 29.2 Å². The van der Waals surface area contributed by atoms with E-state index in [2.05, 4.69) is 19.6 Å². The second-order valence-corrected chi connectivity index (χ2v) is 16.7. The van der Waals surface area contributed by atoms with Gasteiger partial charge in [0.15, 0.2) is 6.79 Å². The standard InChI is InChI=1S/C30H39NO6Si/c1-38(2,3)17-16-35-21-37-29-25(13-12-23-6-4-5-7-27(23)29)20-36-28-18-31(30(33)34)15-14-26(28)24-10-8-22(19-32)9-11-24/h4-13,26,28,32H,14-21H2,1-3H3,(H,33,34)/p-1. The molecule has 7 nitrogen and oxygen atoms in total. The molecule has 0 radical (unpaired) electrons. The van der Waals surface area contributed by atoms with Crippen LogP contribution in [-0.4, -0.2) is 56.8 Å². The Morgan fingerprint density at radius 2 is 1.84 bits per heavy atom. The molecule has 1 amide bonds. The molecule has 0 saturated carbocycles. The Balaban J connectivity index is 1.52. The predicted octanol–water partition coefficient (Wildman–Crippen LogP) is 4.74. The zero-order valence-electron chi connectivity index (χ0n) is 22.5. The molecular formula is C30H38NO6Si-. The van der Waals surface area contributed by atoms with E-state index in [4.69, 9.17) is 14.2 Å². The van der Waals surface area contributed by atoms with Crippen molar-refractivity contribution in [3.63, 3.8) is 0 Å². The molecule has 1 saturated heterocycles. The monoisotopic (exact) mass is 536 g/mol. The number of aliphatic hydroxyl groups excluding tert-OH is 1. The lowest BCUT2D eigenvalue weighted by atomic mass is 9.86. The van der Waals surface area contributed by atoms with Crippen LogP contribution in [0.2, 0.25) is 25.7 Å². The number of nitrogens with zero attached hydrogens (tertiary/aromatic N) is 1. The third kappa shape index (κ3) is 7.35. The summed E-state index contributed by atoms with van der Waals surface area (Å²) in [5, 5.41) is 23.1. The molecular weight excluding hydrogens is 498 g/mol. The number of likely N-dealkylation sites (tertiary alicyclic amines) is 1. The first-order chi connectivity index (χ1) is 18.2. The molecule has 1 heterocycles. The first-order valence-corrected chi connectivity index (χ1v) is 16.9. The fourth-order valence-corrected chi connectivity index (χ4v) is 5.57. The van der Waals surface area contributed by atoms with Gasteiger partial charge in [-0.1, -0.05) is 80.3 Å². The zero-order valence-corrected chi connectivity index (χ0v) is 23.5. The summed E-state index contributed by atoms with van der Waals surface area (Å²) < 4.78 is 18.4. The van der Waals surface area contributed by atoms with Gasteiger partial charge in [0.05, 0.1) is 19.3 Å². The lowest BCUT2D eigenvalue weighted by Gasteiger charge is -2.40. The number of hydrogen-bond acceptors (Lipinski definition) is 6. The summed E-state index contributed by atoms with van der Waals surface area (Å²) in [6, 6.07) is 20.9. The Labute approximate surface area is 226 Å². The van der Waals surface area contributed by atoms with E-state index < -0.39 is 14.2 Å². The molecule has 4 rings (SSSR count). The van der Waals surface area contributed by atoms with Crippen LogP contribution in [0.4, 0.5) is 4.79 Å². The third-order valence-electron chi connectivity index (χ3n) is 7.10. The van der Waals surface area contributed by atoms with Crippen LogP contribution in [0.15, 0.2) is 60.7 Å². The number of ether oxygens (including phenoxy) is 3. The maximum atomic E-state index is 11.6. The summed E-state index contributed by atoms with van der Waals surface area (Å²) in [6.45, 7) is 8.67. The summed E-state index contributed by atoms with van der Waals surface area (Å²) in [6.07, 6.45) is -0.907. The molecule has 0 spiro atoms. The molecule has 0 aliphatic carbocycles. The average molecular weight is 537 g/mol. The van der Waals surface area contributed by atoms with Crippen molar-refractivity contribution >= 4 is 24.9 Å². The quantitative estimate of drug-likeness (QED) is 0.216. The average Bonchev–Trinajstić information content (AvgIpc) is 2.91. The number of aliphatic hydroxyl groups is 1. The van der Waals surface area contributed by atoms with Gasteiger partial charge in [-0.15, -0.1) is 0 Å². The summed E-state index contributed by atoms with van der Waals surface area (Å²) in [5.74, 6) is 0.751. The number of carboxylic acid groups (broad SMARTS) is 1. The van der Waals surface area contributed by atoms with Crippen molar-refractivity contribution in [2.24, 2.45) is 0 Å². The van der Waals surface area contributed by atoms with E-state index in [1.165, 1.54) is 4.90 Å². The van der Waals surface area contributed by atoms with Gasteiger partial charge in [0.25, 0.3) is 0 Å². The van der Waals surface area contributed by atoms with Crippen LogP contribution in [-0.2, 0) is 22.7 Å². The number of piperidine rings is 1. The number of benzene rings is 3. The van der Waals surface area contributed by atoms with Gasteiger partial charge >= 0.3 is 0 Å². The summed E-state index contributed by atoms with van der Waals surface area (Å²) in [4.78, 5) is 12.9. The Hall–Kier alpha value is -2.91. The van der Waals surface area contributed by atoms with E-state index in [0.29, 0.717) is 19.6 Å². The third-order valence-corrected chi connectivity index (χ3v) is 8.81. The molecule has 38 heavy (non-hydrogen) atoms. The fraction of sp³-hybridized carbons (Fsp3) is 0.433. The maximum Gasteiger partial charge on any atom is 0.189 e. The lowest BCUT2D eigenvalue weighted by Crippen LogP contribution is -2.51. The highest BCUT2D eigenvalue weighted by Crippen LogP contribution is 2.34. The Morgan fingerprint density at radius 3 is 2.55 bits per heavy atom. The fourth-order valence-electron chi connectivity index (χ4n) is 4.81. The Kier molecular flexibility index (Phi) is 9.43. The molecule has 1 N–H and O–H groups in total. The van der Waals surface area contributed by atoms with Gasteiger partial charge < -0.3 is 34.1 Å². The van der Waals surface area contributed by atoms with Gasteiger partial charge in [0.1, 0.15) is 11.8 Å². The minimum atomic E-state index is -1.19. The summed E-state index contributed by atoms with van der Waals surface area (Å²) in [5.41, 5.74) is 2.79. The van der Waals surface area contributed by atoms with Gasteiger partial charge in [0.2, 0.25) is 0 Å². The molecule has 1 aliphatic heterocycles. The number of rotatable bonds is 11. The first-order valence-electron chi connectivity index (χ1n) is 13.2. The maximum absolute atomic E-state index is 11.6. The van der Waals surface area contributed by atoms with E-state index in [0.717, 1.165) is 39.3 Å².